The molecular weight excluding hydrogens is 246 g/mol. The molecule has 0 aliphatic carbocycles. The highest BCUT2D eigenvalue weighted by atomic mass is 16.5. The lowest BCUT2D eigenvalue weighted by molar-refractivity contribution is -0.151. The highest BCUT2D eigenvalue weighted by Crippen LogP contribution is 2.16. The average molecular weight is 265 g/mol. The number of ether oxygens (including phenoxy) is 1. The molecule has 19 heavy (non-hydrogen) atoms. The van der Waals surface area contributed by atoms with Crippen molar-refractivity contribution in [1.29, 1.82) is 0 Å². The molecule has 0 atom stereocenters. The standard InChI is InChI=1S/C14H19NO4/c1-14(2,15-12(16)13(17)18)9-8-10-4-6-11(19-3)7-5-10/h4-7H,8-9H2,1-3H3,(H,15,16)(H,17,18). The molecule has 104 valence electrons. The maximum absolute atomic E-state index is 11.1. The number of amides is 1. The predicted molar refractivity (Wildman–Crippen MR) is 71.2 cm³/mol. The molecule has 0 saturated heterocycles. The number of nitrogens with one attached hydrogen (secondary N) is 1. The van der Waals surface area contributed by atoms with Gasteiger partial charge >= 0.3 is 11.9 Å². The average Bonchev–Trinajstić information content (AvgIpc) is 2.36. The molecule has 5 nitrogen and oxygen atoms in total. The summed E-state index contributed by atoms with van der Waals surface area (Å²) in [5, 5.41) is 11.0. The first kappa shape index (κ1) is 15.0. The summed E-state index contributed by atoms with van der Waals surface area (Å²) in [4.78, 5) is 21.6. The first-order chi connectivity index (χ1) is 8.84. The highest BCUT2D eigenvalue weighted by molar-refractivity contribution is 6.31. The summed E-state index contributed by atoms with van der Waals surface area (Å²) in [6, 6.07) is 7.65. The van der Waals surface area contributed by atoms with Crippen LogP contribution in [-0.2, 0) is 16.0 Å². The third-order valence-corrected chi connectivity index (χ3v) is 2.84. The lowest BCUT2D eigenvalue weighted by atomic mass is 9.95. The number of aryl methyl sites for hydroxylation is 1. The van der Waals surface area contributed by atoms with Crippen LogP contribution >= 0.6 is 0 Å². The normalized spacial score (nSPS) is 10.9. The van der Waals surface area contributed by atoms with Crippen LogP contribution in [0.5, 0.6) is 5.75 Å². The van der Waals surface area contributed by atoms with E-state index in [2.05, 4.69) is 5.32 Å². The summed E-state index contributed by atoms with van der Waals surface area (Å²) < 4.78 is 5.07. The number of benzene rings is 1. The minimum absolute atomic E-state index is 0.560. The Hall–Kier alpha value is -2.04. The SMILES string of the molecule is COc1ccc(CCC(C)(C)NC(=O)C(=O)O)cc1. The summed E-state index contributed by atoms with van der Waals surface area (Å²) in [5.41, 5.74) is 0.550. The Kier molecular flexibility index (Phi) is 4.92. The van der Waals surface area contributed by atoms with Gasteiger partial charge in [0.2, 0.25) is 0 Å². The lowest BCUT2D eigenvalue weighted by Gasteiger charge is -2.25. The van der Waals surface area contributed by atoms with Crippen LogP contribution in [0.15, 0.2) is 24.3 Å². The Bertz CT molecular complexity index is 451. The molecule has 1 aromatic rings. The van der Waals surface area contributed by atoms with E-state index in [4.69, 9.17) is 9.84 Å². The van der Waals surface area contributed by atoms with E-state index < -0.39 is 17.4 Å². The van der Waals surface area contributed by atoms with Gasteiger partial charge in [-0.2, -0.15) is 0 Å². The zero-order valence-electron chi connectivity index (χ0n) is 11.4. The fraction of sp³-hybridized carbons (Fsp3) is 0.429. The van der Waals surface area contributed by atoms with Gasteiger partial charge in [0, 0.05) is 5.54 Å². The maximum atomic E-state index is 11.1. The van der Waals surface area contributed by atoms with Gasteiger partial charge in [-0.3, -0.25) is 4.79 Å². The van der Waals surface area contributed by atoms with Crippen LogP contribution in [0.1, 0.15) is 25.8 Å². The van der Waals surface area contributed by atoms with Crippen LogP contribution in [0.3, 0.4) is 0 Å². The second-order valence-corrected chi connectivity index (χ2v) is 4.99. The second-order valence-electron chi connectivity index (χ2n) is 4.99. The van der Waals surface area contributed by atoms with Gasteiger partial charge in [0.25, 0.3) is 0 Å². The lowest BCUT2D eigenvalue weighted by Crippen LogP contribution is -2.46. The fourth-order valence-electron chi connectivity index (χ4n) is 1.67. The molecule has 0 saturated carbocycles. The van der Waals surface area contributed by atoms with Gasteiger partial charge in [-0.25, -0.2) is 4.79 Å². The van der Waals surface area contributed by atoms with Crippen molar-refractivity contribution in [2.24, 2.45) is 0 Å². The molecule has 0 radical (unpaired) electrons. The molecule has 0 spiro atoms. The Balaban J connectivity index is 2.54. The molecule has 0 unspecified atom stereocenters. The van der Waals surface area contributed by atoms with Crippen molar-refractivity contribution in [3.8, 4) is 5.75 Å². The first-order valence-corrected chi connectivity index (χ1v) is 6.02. The molecule has 0 aromatic heterocycles. The van der Waals surface area contributed by atoms with Gasteiger partial charge in [-0.1, -0.05) is 12.1 Å². The van der Waals surface area contributed by atoms with Crippen LogP contribution in [0, 0.1) is 0 Å². The molecule has 2 N–H and O–H groups in total. The van der Waals surface area contributed by atoms with Gasteiger partial charge in [-0.05, 0) is 44.4 Å². The van der Waals surface area contributed by atoms with E-state index in [0.29, 0.717) is 6.42 Å². The number of carboxylic acids is 1. The maximum Gasteiger partial charge on any atom is 0.394 e. The van der Waals surface area contributed by atoms with E-state index >= 15 is 0 Å². The number of methoxy groups -OCH3 is 1. The Labute approximate surface area is 112 Å². The molecule has 0 aliphatic rings. The monoisotopic (exact) mass is 265 g/mol. The van der Waals surface area contributed by atoms with E-state index in [1.54, 1.807) is 21.0 Å². The van der Waals surface area contributed by atoms with Crippen molar-refractivity contribution in [1.82, 2.24) is 5.32 Å². The van der Waals surface area contributed by atoms with Gasteiger partial charge in [-0.15, -0.1) is 0 Å². The molecule has 5 heteroatoms. The molecule has 1 aromatic carbocycles. The van der Waals surface area contributed by atoms with E-state index in [1.807, 2.05) is 24.3 Å². The number of carbonyl (C=O) groups is 2. The van der Waals surface area contributed by atoms with Crippen molar-refractivity contribution < 1.29 is 19.4 Å². The Morgan fingerprint density at radius 1 is 1.26 bits per heavy atom. The summed E-state index contributed by atoms with van der Waals surface area (Å²) >= 11 is 0. The van der Waals surface area contributed by atoms with Gasteiger partial charge in [0.1, 0.15) is 5.75 Å². The number of carbonyl (C=O) groups excluding carboxylic acids is 1. The summed E-state index contributed by atoms with van der Waals surface area (Å²) in [6.45, 7) is 3.61. The van der Waals surface area contributed by atoms with E-state index in [-0.39, 0.29) is 0 Å². The number of aliphatic carboxylic acids is 1. The fourth-order valence-corrected chi connectivity index (χ4v) is 1.67. The third-order valence-electron chi connectivity index (χ3n) is 2.84. The largest absolute Gasteiger partial charge is 0.497 e. The number of hydrogen-bond acceptors (Lipinski definition) is 3. The second kappa shape index (κ2) is 6.22. The zero-order valence-corrected chi connectivity index (χ0v) is 11.4. The molecule has 0 fully saturated rings. The number of rotatable bonds is 5. The van der Waals surface area contributed by atoms with Crippen molar-refractivity contribution in [3.05, 3.63) is 29.8 Å². The van der Waals surface area contributed by atoms with Crippen LogP contribution in [-0.4, -0.2) is 29.6 Å². The molecular formula is C14H19NO4. The van der Waals surface area contributed by atoms with E-state index in [1.165, 1.54) is 0 Å². The topological polar surface area (TPSA) is 75.6 Å². The van der Waals surface area contributed by atoms with Gasteiger partial charge in [0.05, 0.1) is 7.11 Å². The van der Waals surface area contributed by atoms with Crippen LogP contribution in [0.2, 0.25) is 0 Å². The van der Waals surface area contributed by atoms with E-state index in [9.17, 15) is 9.59 Å². The third kappa shape index (κ3) is 4.99. The Morgan fingerprint density at radius 2 is 1.84 bits per heavy atom. The molecule has 1 rings (SSSR count). The van der Waals surface area contributed by atoms with Crippen molar-refractivity contribution in [2.45, 2.75) is 32.2 Å². The number of hydrogen-bond donors (Lipinski definition) is 2. The van der Waals surface area contributed by atoms with Crippen molar-refractivity contribution >= 4 is 11.9 Å². The summed E-state index contributed by atoms with van der Waals surface area (Å²) in [5.74, 6) is -1.64. The minimum Gasteiger partial charge on any atom is -0.497 e. The van der Waals surface area contributed by atoms with Crippen molar-refractivity contribution in [3.63, 3.8) is 0 Å². The predicted octanol–water partition coefficient (Wildman–Crippen LogP) is 1.61. The molecule has 0 aliphatic heterocycles. The Morgan fingerprint density at radius 3 is 2.32 bits per heavy atom. The highest BCUT2D eigenvalue weighted by Gasteiger charge is 2.23. The van der Waals surface area contributed by atoms with Crippen LogP contribution in [0.25, 0.3) is 0 Å². The van der Waals surface area contributed by atoms with Crippen molar-refractivity contribution in [2.75, 3.05) is 7.11 Å². The smallest absolute Gasteiger partial charge is 0.394 e. The first-order valence-electron chi connectivity index (χ1n) is 6.02. The van der Waals surface area contributed by atoms with Crippen LogP contribution in [0.4, 0.5) is 0 Å². The molecule has 0 bridgehead atoms. The van der Waals surface area contributed by atoms with Gasteiger partial charge < -0.3 is 15.2 Å². The van der Waals surface area contributed by atoms with Gasteiger partial charge in [0.15, 0.2) is 0 Å². The number of carboxylic acid groups (broad SMARTS) is 1. The molecule has 1 amide bonds. The summed E-state index contributed by atoms with van der Waals surface area (Å²) in [6.07, 6.45) is 1.40. The summed E-state index contributed by atoms with van der Waals surface area (Å²) in [7, 11) is 1.61. The minimum atomic E-state index is -1.46. The quantitative estimate of drug-likeness (QED) is 0.793. The zero-order chi connectivity index (χ0) is 14.5. The van der Waals surface area contributed by atoms with Crippen LogP contribution < -0.4 is 10.1 Å². The molecule has 0 heterocycles. The van der Waals surface area contributed by atoms with E-state index in [0.717, 1.165) is 17.7 Å².